The van der Waals surface area contributed by atoms with Gasteiger partial charge in [-0.3, -0.25) is 4.98 Å². The summed E-state index contributed by atoms with van der Waals surface area (Å²) >= 11 is 1.45. The van der Waals surface area contributed by atoms with Gasteiger partial charge in [-0.25, -0.2) is 4.98 Å². The average Bonchev–Trinajstić information content (AvgIpc) is 2.05. The molecule has 0 amide bonds. The van der Waals surface area contributed by atoms with E-state index in [1.165, 1.54) is 24.2 Å². The summed E-state index contributed by atoms with van der Waals surface area (Å²) < 4.78 is 0. The maximum absolute atomic E-state index is 8.63. The van der Waals surface area contributed by atoms with Crippen molar-refractivity contribution >= 4 is 24.5 Å². The minimum absolute atomic E-state index is 0.169. The first-order valence-corrected chi connectivity index (χ1v) is 4.18. The lowest BCUT2D eigenvalue weighted by Crippen LogP contribution is -2.32. The standard InChI is InChI=1S/C5H7BN2O2S/c1-11-5-3-7-4(2-8-5)6(9)10/h2-3,9-10H,1H3. The molecule has 4 nitrogen and oxygen atoms in total. The van der Waals surface area contributed by atoms with Crippen molar-refractivity contribution in [2.45, 2.75) is 5.03 Å². The van der Waals surface area contributed by atoms with Crippen molar-refractivity contribution in [3.05, 3.63) is 12.4 Å². The van der Waals surface area contributed by atoms with Crippen molar-refractivity contribution in [3.8, 4) is 0 Å². The zero-order valence-electron chi connectivity index (χ0n) is 5.93. The highest BCUT2D eigenvalue weighted by atomic mass is 32.2. The Morgan fingerprint density at radius 2 is 2.09 bits per heavy atom. The van der Waals surface area contributed by atoms with Crippen molar-refractivity contribution in [1.82, 2.24) is 9.97 Å². The van der Waals surface area contributed by atoms with Crippen LogP contribution >= 0.6 is 11.8 Å². The quantitative estimate of drug-likeness (QED) is 0.434. The number of rotatable bonds is 2. The van der Waals surface area contributed by atoms with Crippen molar-refractivity contribution < 1.29 is 10.0 Å². The fourth-order valence-electron chi connectivity index (χ4n) is 0.565. The van der Waals surface area contributed by atoms with Gasteiger partial charge >= 0.3 is 7.12 Å². The van der Waals surface area contributed by atoms with E-state index >= 15 is 0 Å². The summed E-state index contributed by atoms with van der Waals surface area (Å²) in [5.74, 6) is 0. The maximum Gasteiger partial charge on any atom is 0.509 e. The molecule has 0 aliphatic heterocycles. The van der Waals surface area contributed by atoms with Crippen LogP contribution in [0.3, 0.4) is 0 Å². The Kier molecular flexibility index (Phi) is 2.87. The molecule has 0 aromatic carbocycles. The normalized spacial score (nSPS) is 9.73. The van der Waals surface area contributed by atoms with Gasteiger partial charge in [0.2, 0.25) is 0 Å². The summed E-state index contributed by atoms with van der Waals surface area (Å²) in [6.07, 6.45) is 4.72. The van der Waals surface area contributed by atoms with Crippen molar-refractivity contribution in [2.75, 3.05) is 6.26 Å². The molecule has 0 unspecified atom stereocenters. The van der Waals surface area contributed by atoms with Crippen LogP contribution in [0.2, 0.25) is 0 Å². The van der Waals surface area contributed by atoms with E-state index in [4.69, 9.17) is 10.0 Å². The summed E-state index contributed by atoms with van der Waals surface area (Å²) in [4.78, 5) is 7.66. The highest BCUT2D eigenvalue weighted by Crippen LogP contribution is 2.05. The fraction of sp³-hybridized carbons (Fsp3) is 0.200. The molecule has 0 spiro atoms. The number of aromatic nitrogens is 2. The highest BCUT2D eigenvalue weighted by Gasteiger charge is 2.12. The Hall–Kier alpha value is -0.585. The van der Waals surface area contributed by atoms with Gasteiger partial charge in [-0.2, -0.15) is 0 Å². The summed E-state index contributed by atoms with van der Waals surface area (Å²) in [5, 5.41) is 18.0. The van der Waals surface area contributed by atoms with E-state index in [0.29, 0.717) is 0 Å². The second-order valence-corrected chi connectivity index (χ2v) is 2.68. The lowest BCUT2D eigenvalue weighted by molar-refractivity contribution is 0.424. The van der Waals surface area contributed by atoms with E-state index in [1.54, 1.807) is 0 Å². The van der Waals surface area contributed by atoms with Crippen LogP contribution in [0.1, 0.15) is 0 Å². The summed E-state index contributed by atoms with van der Waals surface area (Å²) in [7, 11) is -1.53. The number of nitrogens with zero attached hydrogens (tertiary/aromatic N) is 2. The molecule has 0 bridgehead atoms. The third kappa shape index (κ3) is 2.18. The zero-order chi connectivity index (χ0) is 8.27. The Morgan fingerprint density at radius 3 is 2.45 bits per heavy atom. The molecule has 0 aliphatic rings. The van der Waals surface area contributed by atoms with Gasteiger partial charge in [-0.1, -0.05) is 0 Å². The summed E-state index contributed by atoms with van der Waals surface area (Å²) in [5.41, 5.74) is 0.169. The molecular formula is C5H7BN2O2S. The maximum atomic E-state index is 8.63. The number of hydrogen-bond donors (Lipinski definition) is 2. The van der Waals surface area contributed by atoms with Crippen LogP contribution in [-0.2, 0) is 0 Å². The van der Waals surface area contributed by atoms with E-state index in [9.17, 15) is 0 Å². The van der Waals surface area contributed by atoms with Gasteiger partial charge in [0.05, 0.1) is 11.8 Å². The third-order valence-corrected chi connectivity index (χ3v) is 1.75. The minimum atomic E-state index is -1.53. The molecule has 0 saturated carbocycles. The zero-order valence-corrected chi connectivity index (χ0v) is 6.75. The summed E-state index contributed by atoms with van der Waals surface area (Å²) in [6.45, 7) is 0. The van der Waals surface area contributed by atoms with E-state index in [0.717, 1.165) is 5.03 Å². The lowest BCUT2D eigenvalue weighted by Gasteiger charge is -1.97. The Labute approximate surface area is 68.8 Å². The molecule has 1 aromatic rings. The fourth-order valence-corrected chi connectivity index (χ4v) is 0.881. The van der Waals surface area contributed by atoms with Crippen LogP contribution < -0.4 is 5.59 Å². The molecule has 2 N–H and O–H groups in total. The first-order chi connectivity index (χ1) is 5.24. The van der Waals surface area contributed by atoms with Gasteiger partial charge in [0.1, 0.15) is 5.03 Å². The highest BCUT2D eigenvalue weighted by molar-refractivity contribution is 7.98. The second-order valence-electron chi connectivity index (χ2n) is 1.86. The first-order valence-electron chi connectivity index (χ1n) is 2.96. The topological polar surface area (TPSA) is 66.2 Å². The molecule has 0 fully saturated rings. The van der Waals surface area contributed by atoms with Gasteiger partial charge in [-0.15, -0.1) is 11.8 Å². The van der Waals surface area contributed by atoms with E-state index in [1.807, 2.05) is 6.26 Å². The average molecular weight is 170 g/mol. The molecule has 6 heteroatoms. The van der Waals surface area contributed by atoms with Crippen LogP contribution in [0.5, 0.6) is 0 Å². The smallest absolute Gasteiger partial charge is 0.422 e. The third-order valence-electron chi connectivity index (χ3n) is 1.12. The van der Waals surface area contributed by atoms with Gasteiger partial charge in [0.25, 0.3) is 0 Å². The molecule has 1 heterocycles. The first kappa shape index (κ1) is 8.51. The van der Waals surface area contributed by atoms with Crippen molar-refractivity contribution in [1.29, 1.82) is 0 Å². The Balaban J connectivity index is 2.83. The molecule has 0 saturated heterocycles. The molecule has 1 rings (SSSR count). The lowest BCUT2D eigenvalue weighted by atomic mass is 9.87. The van der Waals surface area contributed by atoms with Crippen LogP contribution in [0.25, 0.3) is 0 Å². The SMILES string of the molecule is CSc1cnc(B(O)O)cn1. The molecule has 1 aromatic heterocycles. The second kappa shape index (κ2) is 3.70. The van der Waals surface area contributed by atoms with Crippen LogP contribution in [0, 0.1) is 0 Å². The van der Waals surface area contributed by atoms with Gasteiger partial charge in [0, 0.05) is 6.20 Å². The monoisotopic (exact) mass is 170 g/mol. The van der Waals surface area contributed by atoms with E-state index in [-0.39, 0.29) is 5.59 Å². The largest absolute Gasteiger partial charge is 0.509 e. The molecule has 0 atom stereocenters. The van der Waals surface area contributed by atoms with Crippen LogP contribution in [-0.4, -0.2) is 33.4 Å². The molecule has 11 heavy (non-hydrogen) atoms. The van der Waals surface area contributed by atoms with Gasteiger partial charge in [-0.05, 0) is 6.26 Å². The molecule has 0 radical (unpaired) electrons. The van der Waals surface area contributed by atoms with Crippen LogP contribution in [0.4, 0.5) is 0 Å². The van der Waals surface area contributed by atoms with Crippen molar-refractivity contribution in [3.63, 3.8) is 0 Å². The van der Waals surface area contributed by atoms with Gasteiger partial charge < -0.3 is 10.0 Å². The Bertz CT molecular complexity index is 228. The Morgan fingerprint density at radius 1 is 1.36 bits per heavy atom. The predicted molar refractivity (Wildman–Crippen MR) is 43.6 cm³/mol. The van der Waals surface area contributed by atoms with E-state index in [2.05, 4.69) is 9.97 Å². The number of thioether (sulfide) groups is 1. The van der Waals surface area contributed by atoms with Crippen LogP contribution in [0.15, 0.2) is 17.4 Å². The van der Waals surface area contributed by atoms with Crippen molar-refractivity contribution in [2.24, 2.45) is 0 Å². The van der Waals surface area contributed by atoms with E-state index < -0.39 is 7.12 Å². The molecule has 58 valence electrons. The predicted octanol–water partition coefficient (Wildman–Crippen LogP) is -1.12. The molecule has 0 aliphatic carbocycles. The minimum Gasteiger partial charge on any atom is -0.422 e. The molecular weight excluding hydrogens is 163 g/mol. The summed E-state index contributed by atoms with van der Waals surface area (Å²) in [6, 6.07) is 0. The number of hydrogen-bond acceptors (Lipinski definition) is 5. The van der Waals surface area contributed by atoms with Gasteiger partial charge in [0.15, 0.2) is 0 Å².